The maximum atomic E-state index is 13.0. The Balaban J connectivity index is 1.81. The topological polar surface area (TPSA) is 102 Å². The van der Waals surface area contributed by atoms with Gasteiger partial charge in [0.2, 0.25) is 11.9 Å². The molecule has 28 heavy (non-hydrogen) atoms. The SMILES string of the molecule is Cc1cccc([C@H]2c3c(nc(N4CCC(C)CC4)[nH]c3=O)NC(=O)[C@@H]2C#N)c1. The second kappa shape index (κ2) is 7.12. The Hall–Kier alpha value is -3.14. The number of nitriles is 1. The Labute approximate surface area is 163 Å². The molecule has 1 aromatic carbocycles. The van der Waals surface area contributed by atoms with Crippen LogP contribution < -0.4 is 15.8 Å². The highest BCUT2D eigenvalue weighted by atomic mass is 16.2. The number of aromatic nitrogens is 2. The van der Waals surface area contributed by atoms with Crippen LogP contribution in [-0.2, 0) is 4.79 Å². The summed E-state index contributed by atoms with van der Waals surface area (Å²) in [6, 6.07) is 9.65. The number of piperidine rings is 1. The third-order valence-electron chi connectivity index (χ3n) is 5.73. The molecule has 7 nitrogen and oxygen atoms in total. The molecule has 2 aliphatic rings. The summed E-state index contributed by atoms with van der Waals surface area (Å²) in [5, 5.41) is 12.3. The summed E-state index contributed by atoms with van der Waals surface area (Å²) >= 11 is 0. The molecule has 1 aromatic heterocycles. The fraction of sp³-hybridized carbons (Fsp3) is 0.429. The summed E-state index contributed by atoms with van der Waals surface area (Å²) in [7, 11) is 0. The number of nitrogens with one attached hydrogen (secondary N) is 2. The van der Waals surface area contributed by atoms with Crippen molar-refractivity contribution in [2.24, 2.45) is 11.8 Å². The van der Waals surface area contributed by atoms with Crippen molar-refractivity contribution in [3.63, 3.8) is 0 Å². The molecule has 0 aliphatic carbocycles. The van der Waals surface area contributed by atoms with E-state index in [4.69, 9.17) is 0 Å². The van der Waals surface area contributed by atoms with Gasteiger partial charge in [0.1, 0.15) is 11.7 Å². The molecule has 0 bridgehead atoms. The van der Waals surface area contributed by atoms with Gasteiger partial charge in [-0.25, -0.2) is 0 Å². The molecule has 0 unspecified atom stereocenters. The summed E-state index contributed by atoms with van der Waals surface area (Å²) in [6.07, 6.45) is 2.07. The second-order valence-corrected chi connectivity index (χ2v) is 7.81. The minimum Gasteiger partial charge on any atom is -0.342 e. The van der Waals surface area contributed by atoms with Crippen LogP contribution in [-0.4, -0.2) is 29.0 Å². The Morgan fingerprint density at radius 1 is 1.25 bits per heavy atom. The van der Waals surface area contributed by atoms with Crippen molar-refractivity contribution < 1.29 is 4.79 Å². The average molecular weight is 377 g/mol. The van der Waals surface area contributed by atoms with Crippen LogP contribution in [0.25, 0.3) is 0 Å². The lowest BCUT2D eigenvalue weighted by molar-refractivity contribution is -0.119. The smallest absolute Gasteiger partial charge is 0.258 e. The van der Waals surface area contributed by atoms with E-state index < -0.39 is 17.7 Å². The molecule has 2 aliphatic heterocycles. The molecular weight excluding hydrogens is 354 g/mol. The number of H-pyrrole nitrogens is 1. The van der Waals surface area contributed by atoms with E-state index >= 15 is 0 Å². The number of aryl methyl sites for hydroxylation is 1. The van der Waals surface area contributed by atoms with Crippen molar-refractivity contribution in [1.82, 2.24) is 9.97 Å². The number of carbonyl (C=O) groups excluding carboxylic acids is 1. The predicted octanol–water partition coefficient (Wildman–Crippen LogP) is 2.54. The first kappa shape index (κ1) is 18.2. The van der Waals surface area contributed by atoms with E-state index in [9.17, 15) is 14.9 Å². The number of hydrogen-bond donors (Lipinski definition) is 2. The van der Waals surface area contributed by atoms with Crippen molar-refractivity contribution in [1.29, 1.82) is 5.26 Å². The standard InChI is InChI=1S/C21H23N5O2/c1-12-6-8-26(9-7-12)21-24-18-17(20(28)25-21)16(15(11-22)19(27)23-18)14-5-3-4-13(2)10-14/h3-5,10,12,15-16H,6-9H2,1-2H3,(H2,23,24,25,27,28)/t15-,16-/m1/s1. The molecule has 0 radical (unpaired) electrons. The zero-order valence-corrected chi connectivity index (χ0v) is 16.0. The number of benzene rings is 1. The highest BCUT2D eigenvalue weighted by molar-refractivity contribution is 5.98. The Morgan fingerprint density at radius 3 is 2.68 bits per heavy atom. The maximum absolute atomic E-state index is 13.0. The van der Waals surface area contributed by atoms with Crippen molar-refractivity contribution in [3.8, 4) is 6.07 Å². The van der Waals surface area contributed by atoms with Gasteiger partial charge in [-0.15, -0.1) is 0 Å². The monoisotopic (exact) mass is 377 g/mol. The summed E-state index contributed by atoms with van der Waals surface area (Å²) in [5.74, 6) is -0.630. The zero-order chi connectivity index (χ0) is 19.8. The quantitative estimate of drug-likeness (QED) is 0.837. The third kappa shape index (κ3) is 3.15. The number of anilines is 2. The molecule has 1 saturated heterocycles. The summed E-state index contributed by atoms with van der Waals surface area (Å²) in [6.45, 7) is 5.80. The molecule has 144 valence electrons. The van der Waals surface area contributed by atoms with E-state index in [0.29, 0.717) is 17.4 Å². The molecule has 1 fully saturated rings. The van der Waals surface area contributed by atoms with E-state index in [-0.39, 0.29) is 11.4 Å². The van der Waals surface area contributed by atoms with E-state index in [1.54, 1.807) is 0 Å². The lowest BCUT2D eigenvalue weighted by Crippen LogP contribution is -2.40. The Bertz CT molecular complexity index is 1010. The number of hydrogen-bond acceptors (Lipinski definition) is 5. The molecule has 2 aromatic rings. The van der Waals surface area contributed by atoms with Gasteiger partial charge in [0.05, 0.1) is 11.6 Å². The van der Waals surface area contributed by atoms with Gasteiger partial charge in [0.15, 0.2) is 0 Å². The highest BCUT2D eigenvalue weighted by Gasteiger charge is 2.40. The Morgan fingerprint density at radius 2 is 2.00 bits per heavy atom. The van der Waals surface area contributed by atoms with Crippen molar-refractivity contribution in [2.45, 2.75) is 32.6 Å². The lowest BCUT2D eigenvalue weighted by atomic mass is 9.79. The minimum atomic E-state index is -0.973. The maximum Gasteiger partial charge on any atom is 0.258 e. The van der Waals surface area contributed by atoms with Crippen LogP contribution in [0.1, 0.15) is 42.4 Å². The summed E-state index contributed by atoms with van der Waals surface area (Å²) in [4.78, 5) is 35.2. The van der Waals surface area contributed by atoms with Gasteiger partial charge in [-0.3, -0.25) is 14.6 Å². The fourth-order valence-electron chi connectivity index (χ4n) is 4.09. The van der Waals surface area contributed by atoms with Gasteiger partial charge < -0.3 is 10.2 Å². The third-order valence-corrected chi connectivity index (χ3v) is 5.73. The van der Waals surface area contributed by atoms with Crippen molar-refractivity contribution >= 4 is 17.7 Å². The van der Waals surface area contributed by atoms with E-state index in [2.05, 4.69) is 28.3 Å². The number of amides is 1. The minimum absolute atomic E-state index is 0.264. The molecule has 0 saturated carbocycles. The van der Waals surface area contributed by atoms with Crippen LogP contribution >= 0.6 is 0 Å². The first-order chi connectivity index (χ1) is 13.5. The van der Waals surface area contributed by atoms with Crippen molar-refractivity contribution in [3.05, 3.63) is 51.3 Å². The molecule has 7 heteroatoms. The molecule has 3 heterocycles. The summed E-state index contributed by atoms with van der Waals surface area (Å²) < 4.78 is 0. The average Bonchev–Trinajstić information content (AvgIpc) is 2.67. The van der Waals surface area contributed by atoms with E-state index in [0.717, 1.165) is 37.1 Å². The van der Waals surface area contributed by atoms with Gasteiger partial charge in [-0.1, -0.05) is 36.8 Å². The van der Waals surface area contributed by atoms with E-state index in [1.807, 2.05) is 36.1 Å². The normalized spacial score (nSPS) is 22.3. The summed E-state index contributed by atoms with van der Waals surface area (Å²) in [5.41, 5.74) is 1.83. The molecule has 2 atom stereocenters. The molecular formula is C21H23N5O2. The van der Waals surface area contributed by atoms with Crippen LogP contribution in [0.3, 0.4) is 0 Å². The number of fused-ring (bicyclic) bond motifs is 1. The highest BCUT2D eigenvalue weighted by Crippen LogP contribution is 2.38. The first-order valence-corrected chi connectivity index (χ1v) is 9.64. The van der Waals surface area contributed by atoms with Crippen LogP contribution in [0.2, 0.25) is 0 Å². The largest absolute Gasteiger partial charge is 0.342 e. The molecule has 0 spiro atoms. The first-order valence-electron chi connectivity index (χ1n) is 9.64. The number of aromatic amines is 1. The van der Waals surface area contributed by atoms with Gasteiger partial charge in [-0.05, 0) is 31.2 Å². The van der Waals surface area contributed by atoms with E-state index in [1.165, 1.54) is 0 Å². The van der Waals surface area contributed by atoms with Gasteiger partial charge >= 0.3 is 0 Å². The lowest BCUT2D eigenvalue weighted by Gasteiger charge is -2.33. The van der Waals surface area contributed by atoms with Crippen LogP contribution in [0.15, 0.2) is 29.1 Å². The fourth-order valence-corrected chi connectivity index (χ4v) is 4.09. The van der Waals surface area contributed by atoms with Gasteiger partial charge in [0, 0.05) is 19.0 Å². The second-order valence-electron chi connectivity index (χ2n) is 7.81. The molecule has 2 N–H and O–H groups in total. The molecule has 1 amide bonds. The van der Waals surface area contributed by atoms with Crippen LogP contribution in [0.4, 0.5) is 11.8 Å². The number of rotatable bonds is 2. The predicted molar refractivity (Wildman–Crippen MR) is 106 cm³/mol. The zero-order valence-electron chi connectivity index (χ0n) is 16.0. The number of nitrogens with zero attached hydrogens (tertiary/aromatic N) is 3. The number of carbonyl (C=O) groups is 1. The van der Waals surface area contributed by atoms with Crippen LogP contribution in [0, 0.1) is 30.1 Å². The van der Waals surface area contributed by atoms with Gasteiger partial charge in [0.25, 0.3) is 5.56 Å². The Kier molecular flexibility index (Phi) is 4.63. The molecule has 4 rings (SSSR count). The van der Waals surface area contributed by atoms with Crippen LogP contribution in [0.5, 0.6) is 0 Å². The van der Waals surface area contributed by atoms with Crippen molar-refractivity contribution in [2.75, 3.05) is 23.3 Å². The van der Waals surface area contributed by atoms with Gasteiger partial charge in [-0.2, -0.15) is 10.2 Å².